The normalized spacial score (nSPS) is 16.3. The fourth-order valence-corrected chi connectivity index (χ4v) is 5.49. The van der Waals surface area contributed by atoms with Crippen LogP contribution in [0.15, 0.2) is 35.0 Å². The molecule has 2 aliphatic rings. The smallest absolute Gasteiger partial charge is 0.253 e. The molecule has 0 spiro atoms. The molecule has 0 atom stereocenters. The number of amides is 2. The van der Waals surface area contributed by atoms with E-state index in [0.717, 1.165) is 12.8 Å². The van der Waals surface area contributed by atoms with Crippen LogP contribution in [0.4, 0.5) is 17.2 Å². The fraction of sp³-hybridized carbons (Fsp3) is 0.423. The van der Waals surface area contributed by atoms with Crippen molar-refractivity contribution in [3.63, 3.8) is 0 Å². The molecule has 44 heavy (non-hydrogen) atoms. The van der Waals surface area contributed by atoms with Gasteiger partial charge in [-0.3, -0.25) is 14.5 Å². The molecule has 3 aromatic rings. The summed E-state index contributed by atoms with van der Waals surface area (Å²) in [6.45, 7) is 2.16. The number of ether oxygens (including phenoxy) is 1. The molecule has 1 saturated heterocycles. The number of sulfonamides is 1. The quantitative estimate of drug-likeness (QED) is 0.251. The summed E-state index contributed by atoms with van der Waals surface area (Å²) in [5, 5.41) is 10.4. The first-order chi connectivity index (χ1) is 20.8. The van der Waals surface area contributed by atoms with Gasteiger partial charge in [0.25, 0.3) is 5.91 Å². The lowest BCUT2D eigenvalue weighted by atomic mass is 9.49. The molecule has 2 aromatic heterocycles. The summed E-state index contributed by atoms with van der Waals surface area (Å²) >= 11 is 0. The van der Waals surface area contributed by atoms with E-state index in [1.54, 1.807) is 18.2 Å². The first kappa shape index (κ1) is 31.5. The molecule has 224 valence electrons. The van der Waals surface area contributed by atoms with Crippen molar-refractivity contribution in [1.82, 2.24) is 29.6 Å². The summed E-state index contributed by atoms with van der Waals surface area (Å²) in [4.78, 5) is 36.1. The highest BCUT2D eigenvalue weighted by Gasteiger charge is 2.30. The third kappa shape index (κ3) is 7.79. The average molecular weight is 614 g/mol. The van der Waals surface area contributed by atoms with Crippen LogP contribution in [-0.4, -0.2) is 113 Å². The second-order valence-corrected chi connectivity index (χ2v) is 12.7. The third-order valence-electron chi connectivity index (χ3n) is 7.03. The monoisotopic (exact) mass is 614 g/mol. The number of rotatable bonds is 11. The number of benzene rings is 1. The van der Waals surface area contributed by atoms with Crippen molar-refractivity contribution in [2.45, 2.75) is 24.6 Å². The predicted octanol–water partition coefficient (Wildman–Crippen LogP) is 0.156. The minimum Gasteiger partial charge on any atom is -0.494 e. The Hall–Kier alpha value is -3.89. The van der Waals surface area contributed by atoms with E-state index < -0.39 is 21.2 Å². The second kappa shape index (κ2) is 12.6. The number of hydrogen-bond acceptors (Lipinski definition) is 11. The predicted molar refractivity (Wildman–Crippen MR) is 164 cm³/mol. The molecular weight excluding hydrogens is 585 g/mol. The van der Waals surface area contributed by atoms with Gasteiger partial charge in [0.05, 0.1) is 66.0 Å². The van der Waals surface area contributed by atoms with Crippen LogP contribution in [0, 0.1) is 5.92 Å². The van der Waals surface area contributed by atoms with E-state index in [1.165, 1.54) is 29.9 Å². The van der Waals surface area contributed by atoms with Crippen LogP contribution in [-0.2, 0) is 21.4 Å². The number of pyridine rings is 1. The Morgan fingerprint density at radius 1 is 1.14 bits per heavy atom. The first-order valence-electron chi connectivity index (χ1n) is 13.8. The van der Waals surface area contributed by atoms with Crippen molar-refractivity contribution in [2.75, 3.05) is 50.2 Å². The number of methoxy groups -OCH3 is 1. The van der Waals surface area contributed by atoms with Crippen LogP contribution in [0.1, 0.15) is 29.1 Å². The average Bonchev–Trinajstić information content (AvgIpc) is 3.71. The van der Waals surface area contributed by atoms with E-state index in [1.807, 2.05) is 4.90 Å². The molecule has 5 rings (SSSR count). The Labute approximate surface area is 259 Å². The zero-order valence-electron chi connectivity index (χ0n) is 24.2. The van der Waals surface area contributed by atoms with E-state index in [-0.39, 0.29) is 34.7 Å². The Bertz CT molecular complexity index is 1650. The zero-order chi connectivity index (χ0) is 31.6. The van der Waals surface area contributed by atoms with Crippen LogP contribution < -0.4 is 20.7 Å². The molecule has 2 fully saturated rings. The number of anilines is 3. The van der Waals surface area contributed by atoms with E-state index in [0.29, 0.717) is 55.6 Å². The third-order valence-corrected chi connectivity index (χ3v) is 8.34. The van der Waals surface area contributed by atoms with E-state index in [4.69, 9.17) is 32.8 Å². The highest BCUT2D eigenvalue weighted by molar-refractivity contribution is 7.88. The van der Waals surface area contributed by atoms with Crippen molar-refractivity contribution in [3.8, 4) is 17.1 Å². The van der Waals surface area contributed by atoms with Crippen LogP contribution >= 0.6 is 0 Å². The largest absolute Gasteiger partial charge is 0.494 e. The van der Waals surface area contributed by atoms with Gasteiger partial charge in [-0.15, -0.1) is 0 Å². The molecular formula is C26H29B3N8O6S. The summed E-state index contributed by atoms with van der Waals surface area (Å²) < 4.78 is 36.3. The fourth-order valence-electron chi connectivity index (χ4n) is 4.66. The number of carbonyl (C=O) groups is 2. The summed E-state index contributed by atoms with van der Waals surface area (Å²) in [5.41, 5.74) is 1.24. The maximum absolute atomic E-state index is 13.0. The van der Waals surface area contributed by atoms with Crippen molar-refractivity contribution < 1.29 is 27.3 Å². The molecule has 14 nitrogen and oxygen atoms in total. The minimum absolute atomic E-state index is 0.0467. The molecule has 2 amide bonds. The first-order valence-corrected chi connectivity index (χ1v) is 15.6. The molecule has 1 aromatic carbocycles. The maximum atomic E-state index is 13.0. The maximum Gasteiger partial charge on any atom is 0.253 e. The summed E-state index contributed by atoms with van der Waals surface area (Å²) in [5.74, 6) is 0.274. The number of nitrogens with zero attached hydrogens (tertiary/aromatic N) is 5. The molecule has 1 aliphatic heterocycles. The van der Waals surface area contributed by atoms with Gasteiger partial charge in [-0.1, -0.05) is 16.5 Å². The Morgan fingerprint density at radius 2 is 1.86 bits per heavy atom. The van der Waals surface area contributed by atoms with Crippen LogP contribution in [0.2, 0.25) is 0 Å². The second-order valence-electron chi connectivity index (χ2n) is 10.7. The summed E-state index contributed by atoms with van der Waals surface area (Å²) in [6, 6.07) is 6.70. The van der Waals surface area contributed by atoms with Gasteiger partial charge in [-0.2, -0.15) is 9.29 Å². The number of piperazine rings is 1. The van der Waals surface area contributed by atoms with Crippen LogP contribution in [0.3, 0.4) is 0 Å². The van der Waals surface area contributed by atoms with Gasteiger partial charge in [0.15, 0.2) is 5.75 Å². The van der Waals surface area contributed by atoms with Gasteiger partial charge in [0.1, 0.15) is 5.82 Å². The van der Waals surface area contributed by atoms with E-state index in [9.17, 15) is 18.0 Å². The van der Waals surface area contributed by atoms with Crippen molar-refractivity contribution >= 4 is 62.6 Å². The number of carbonyl (C=O) groups excluding carboxylic acids is 2. The van der Waals surface area contributed by atoms with Crippen molar-refractivity contribution in [1.29, 1.82) is 0 Å². The Morgan fingerprint density at radius 3 is 2.50 bits per heavy atom. The molecule has 0 bridgehead atoms. The summed E-state index contributed by atoms with van der Waals surface area (Å²) in [6.07, 6.45) is 4.09. The lowest BCUT2D eigenvalue weighted by Crippen LogP contribution is -2.50. The van der Waals surface area contributed by atoms with E-state index >= 15 is 0 Å². The van der Waals surface area contributed by atoms with Gasteiger partial charge in [-0.25, -0.2) is 13.4 Å². The van der Waals surface area contributed by atoms with Gasteiger partial charge >= 0.3 is 0 Å². The lowest BCUT2D eigenvalue weighted by Gasteiger charge is -2.32. The van der Waals surface area contributed by atoms with E-state index in [2.05, 4.69) is 31.1 Å². The molecule has 1 saturated carbocycles. The van der Waals surface area contributed by atoms with Gasteiger partial charge in [-0.05, 0) is 25.0 Å². The van der Waals surface area contributed by atoms with Crippen molar-refractivity contribution in [3.05, 3.63) is 41.9 Å². The molecule has 1 aliphatic carbocycles. The Balaban J connectivity index is 1.38. The Kier molecular flexibility index (Phi) is 9.04. The zero-order valence-corrected chi connectivity index (χ0v) is 25.1. The molecule has 3 N–H and O–H groups in total. The minimum atomic E-state index is -3.24. The highest BCUT2D eigenvalue weighted by Crippen LogP contribution is 2.38. The highest BCUT2D eigenvalue weighted by atomic mass is 32.2. The molecule has 3 heterocycles. The SMILES string of the molecule is [B]C([B])([B])NC(=O)c1cnc(NC(=O)C2CC2)cc1Nc1cccc(-c2noc(CN3CCN(S(C)(=O)=O)CC3)n2)c1OC. The van der Waals surface area contributed by atoms with Crippen LogP contribution in [0.25, 0.3) is 11.4 Å². The number of para-hydroxylation sites is 1. The van der Waals surface area contributed by atoms with Crippen LogP contribution in [0.5, 0.6) is 5.75 Å². The standard InChI is InChI=1S/C26H29B3N8O6S/c1-42-22-16(23-33-21(43-35-23)14-36-8-10-37(11-9-36)44(2,40)41)4-3-5-18(22)31-19-12-20(32-24(38)15-6-7-15)30-13-17(19)25(39)34-26(27,28)29/h3-5,12-13,15H,6-11,14H2,1-2H3,(H,34,39)(H2,30,31,32,38). The van der Waals surface area contributed by atoms with Gasteiger partial charge < -0.3 is 25.2 Å². The number of hydrogen-bond donors (Lipinski definition) is 3. The molecule has 6 radical (unpaired) electrons. The number of nitrogens with one attached hydrogen (secondary N) is 3. The van der Waals surface area contributed by atoms with Gasteiger partial charge in [0.2, 0.25) is 27.6 Å². The van der Waals surface area contributed by atoms with Gasteiger partial charge in [0, 0.05) is 44.4 Å². The molecule has 0 unspecified atom stereocenters. The lowest BCUT2D eigenvalue weighted by molar-refractivity contribution is -0.117. The summed E-state index contributed by atoms with van der Waals surface area (Å²) in [7, 11) is 15.0. The topological polar surface area (TPSA) is 172 Å². The van der Waals surface area contributed by atoms with Crippen molar-refractivity contribution in [2.24, 2.45) is 5.92 Å². The number of aromatic nitrogens is 3. The molecule has 18 heteroatoms.